The topological polar surface area (TPSA) is 37.2 Å². The fourth-order valence-electron chi connectivity index (χ4n) is 5.73. The lowest BCUT2D eigenvalue weighted by Crippen LogP contribution is -2.36. The summed E-state index contributed by atoms with van der Waals surface area (Å²) in [7, 11) is 0. The fraction of sp³-hybridized carbons (Fsp3) is 0.143. The number of anilines is 4. The molecule has 0 aliphatic carbocycles. The molecule has 2 aromatic heterocycles. The van der Waals surface area contributed by atoms with Crippen molar-refractivity contribution in [3.05, 3.63) is 102 Å². The second-order valence-electron chi connectivity index (χ2n) is 8.79. The summed E-state index contributed by atoms with van der Waals surface area (Å²) in [5.41, 5.74) is 7.42. The van der Waals surface area contributed by atoms with Crippen molar-refractivity contribution in [2.45, 2.75) is 26.4 Å². The first-order valence-corrected chi connectivity index (χ1v) is 11.4. The molecule has 0 saturated heterocycles. The summed E-state index contributed by atoms with van der Waals surface area (Å²) >= 11 is 0. The van der Waals surface area contributed by atoms with Crippen molar-refractivity contribution in [3.63, 3.8) is 0 Å². The summed E-state index contributed by atoms with van der Waals surface area (Å²) in [6, 6.07) is 23.5. The number of benzene rings is 3. The highest BCUT2D eigenvalue weighted by molar-refractivity contribution is 6.02. The van der Waals surface area contributed by atoms with Gasteiger partial charge in [-0.3, -0.25) is 0 Å². The number of rotatable bonds is 2. The molecule has 0 amide bonds. The molecule has 5 nitrogen and oxygen atoms in total. The Morgan fingerprint density at radius 2 is 1.58 bits per heavy atom. The molecule has 0 saturated carbocycles. The van der Waals surface area contributed by atoms with Crippen LogP contribution < -0.4 is 9.80 Å². The minimum Gasteiger partial charge on any atom is -0.317 e. The van der Waals surface area contributed by atoms with Crippen LogP contribution in [-0.4, -0.2) is 20.7 Å². The zero-order valence-electron chi connectivity index (χ0n) is 18.6. The van der Waals surface area contributed by atoms with E-state index in [1.807, 2.05) is 18.5 Å². The van der Waals surface area contributed by atoms with Gasteiger partial charge in [0.05, 0.1) is 17.1 Å². The minimum atomic E-state index is 0.0779. The maximum atomic E-state index is 4.89. The van der Waals surface area contributed by atoms with E-state index in [9.17, 15) is 0 Å². The summed E-state index contributed by atoms with van der Waals surface area (Å²) in [5, 5.41) is 2.55. The number of hydrogen-bond donors (Lipinski definition) is 0. The lowest BCUT2D eigenvalue weighted by atomic mass is 9.95. The molecule has 0 spiro atoms. The molecule has 4 heterocycles. The molecule has 5 heteroatoms. The molecule has 1 atom stereocenters. The van der Waals surface area contributed by atoms with E-state index in [4.69, 9.17) is 4.98 Å². The van der Waals surface area contributed by atoms with Gasteiger partial charge in [-0.15, -0.1) is 0 Å². The van der Waals surface area contributed by atoms with Crippen LogP contribution in [0.4, 0.5) is 22.9 Å². The van der Waals surface area contributed by atoms with E-state index in [0.29, 0.717) is 0 Å². The lowest BCUT2D eigenvalue weighted by Gasteiger charge is -2.32. The number of aryl methyl sites for hydroxylation is 1. The zero-order chi connectivity index (χ0) is 22.1. The van der Waals surface area contributed by atoms with Crippen LogP contribution in [0, 0.1) is 6.92 Å². The van der Waals surface area contributed by atoms with E-state index >= 15 is 0 Å². The Hall–Kier alpha value is -4.12. The summed E-state index contributed by atoms with van der Waals surface area (Å²) in [5.74, 6) is 2.09. The first-order valence-electron chi connectivity index (χ1n) is 11.4. The SMILES string of the molecule is Cc1c(N2c3ncccc3N(c3ccccc3)[C@@H]2C)c2c(c3ccccc13)-n1ccnc1C2. The predicted molar refractivity (Wildman–Crippen MR) is 133 cm³/mol. The van der Waals surface area contributed by atoms with Gasteiger partial charge in [0.25, 0.3) is 0 Å². The number of hydrogen-bond acceptors (Lipinski definition) is 4. The third-order valence-corrected chi connectivity index (χ3v) is 7.08. The van der Waals surface area contributed by atoms with Crippen LogP contribution in [0.15, 0.2) is 85.3 Å². The van der Waals surface area contributed by atoms with Crippen LogP contribution in [-0.2, 0) is 6.42 Å². The molecule has 0 fully saturated rings. The van der Waals surface area contributed by atoms with Crippen LogP contribution in [0.5, 0.6) is 0 Å². The highest BCUT2D eigenvalue weighted by atomic mass is 15.4. The highest BCUT2D eigenvalue weighted by Crippen LogP contribution is 2.51. The summed E-state index contributed by atoms with van der Waals surface area (Å²) in [6.45, 7) is 4.52. The van der Waals surface area contributed by atoms with Crippen molar-refractivity contribution in [2.24, 2.45) is 0 Å². The molecular formula is C28H23N5. The Bertz CT molecular complexity index is 1540. The summed E-state index contributed by atoms with van der Waals surface area (Å²) < 4.78 is 2.26. The number of nitrogens with zero attached hydrogens (tertiary/aromatic N) is 5. The second-order valence-corrected chi connectivity index (χ2v) is 8.79. The van der Waals surface area contributed by atoms with Gasteiger partial charge in [-0.05, 0) is 49.1 Å². The average molecular weight is 430 g/mol. The maximum Gasteiger partial charge on any atom is 0.158 e. The summed E-state index contributed by atoms with van der Waals surface area (Å²) in [6.07, 6.45) is 6.78. The Morgan fingerprint density at radius 1 is 0.788 bits per heavy atom. The molecule has 0 radical (unpaired) electrons. The van der Waals surface area contributed by atoms with Gasteiger partial charge in [-0.1, -0.05) is 42.5 Å². The largest absolute Gasteiger partial charge is 0.317 e. The van der Waals surface area contributed by atoms with Gasteiger partial charge in [0.1, 0.15) is 12.0 Å². The first kappa shape index (κ1) is 18.5. The van der Waals surface area contributed by atoms with Crippen LogP contribution in [0.25, 0.3) is 16.5 Å². The standard InChI is InChI=1S/C28H23N5/c1-18-21-11-6-7-12-22(21)27-23(17-25-29-15-16-31(25)27)26(18)33-19(2)32(20-9-4-3-5-10-20)24-13-8-14-30-28(24)33/h3-16,19H,17H2,1-2H3/t19-/m0/s1. The van der Waals surface area contributed by atoms with Gasteiger partial charge in [0.15, 0.2) is 5.82 Å². The van der Waals surface area contributed by atoms with Gasteiger partial charge in [-0.2, -0.15) is 0 Å². The van der Waals surface area contributed by atoms with Crippen molar-refractivity contribution in [1.29, 1.82) is 0 Å². The predicted octanol–water partition coefficient (Wildman–Crippen LogP) is 6.27. The molecule has 0 bridgehead atoms. The van der Waals surface area contributed by atoms with Gasteiger partial charge < -0.3 is 14.4 Å². The van der Waals surface area contributed by atoms with E-state index in [1.54, 1.807) is 0 Å². The number of imidazole rings is 1. The second kappa shape index (κ2) is 6.69. The molecule has 0 unspecified atom stereocenters. The van der Waals surface area contributed by atoms with Crippen LogP contribution in [0.2, 0.25) is 0 Å². The molecule has 2 aliphatic heterocycles. The van der Waals surface area contributed by atoms with Gasteiger partial charge in [0.2, 0.25) is 0 Å². The lowest BCUT2D eigenvalue weighted by molar-refractivity contribution is 0.753. The van der Waals surface area contributed by atoms with Gasteiger partial charge in [0, 0.05) is 41.6 Å². The molecule has 7 rings (SSSR count). The van der Waals surface area contributed by atoms with Crippen LogP contribution in [0.1, 0.15) is 23.9 Å². The normalized spacial score (nSPS) is 16.2. The molecule has 2 aliphatic rings. The average Bonchev–Trinajstić information content (AvgIpc) is 3.52. The Morgan fingerprint density at radius 3 is 2.42 bits per heavy atom. The molecule has 160 valence electrons. The Labute approximate surface area is 192 Å². The summed E-state index contributed by atoms with van der Waals surface area (Å²) in [4.78, 5) is 14.4. The Balaban J connectivity index is 1.53. The molecule has 0 N–H and O–H groups in total. The van der Waals surface area contributed by atoms with E-state index < -0.39 is 0 Å². The first-order chi connectivity index (χ1) is 16.2. The maximum absolute atomic E-state index is 4.89. The Kier molecular flexibility index (Phi) is 3.74. The number of aromatic nitrogens is 3. The molecular weight excluding hydrogens is 406 g/mol. The number of pyridine rings is 1. The van der Waals surface area contributed by atoms with E-state index in [1.165, 1.54) is 39.0 Å². The van der Waals surface area contributed by atoms with Crippen molar-refractivity contribution in [2.75, 3.05) is 9.80 Å². The van der Waals surface area contributed by atoms with Gasteiger partial charge >= 0.3 is 0 Å². The van der Waals surface area contributed by atoms with Crippen molar-refractivity contribution < 1.29 is 0 Å². The molecule has 3 aromatic carbocycles. The van der Waals surface area contributed by atoms with E-state index in [0.717, 1.165) is 23.8 Å². The fourth-order valence-corrected chi connectivity index (χ4v) is 5.73. The van der Waals surface area contributed by atoms with E-state index in [-0.39, 0.29) is 6.17 Å². The van der Waals surface area contributed by atoms with Crippen LogP contribution >= 0.6 is 0 Å². The monoisotopic (exact) mass is 429 g/mol. The third-order valence-electron chi connectivity index (χ3n) is 7.08. The minimum absolute atomic E-state index is 0.0779. The number of para-hydroxylation sites is 1. The van der Waals surface area contributed by atoms with E-state index in [2.05, 4.69) is 100 Å². The zero-order valence-corrected chi connectivity index (χ0v) is 18.6. The molecule has 33 heavy (non-hydrogen) atoms. The third kappa shape index (κ3) is 2.42. The molecule has 5 aromatic rings. The van der Waals surface area contributed by atoms with Crippen LogP contribution in [0.3, 0.4) is 0 Å². The quantitative estimate of drug-likeness (QED) is 0.325. The van der Waals surface area contributed by atoms with Gasteiger partial charge in [-0.25, -0.2) is 9.97 Å². The van der Waals surface area contributed by atoms with Crippen molar-refractivity contribution in [3.8, 4) is 5.69 Å². The smallest absolute Gasteiger partial charge is 0.158 e. The van der Waals surface area contributed by atoms with Crippen molar-refractivity contribution >= 4 is 33.7 Å². The highest BCUT2D eigenvalue weighted by Gasteiger charge is 2.39. The van der Waals surface area contributed by atoms with Crippen molar-refractivity contribution in [1.82, 2.24) is 14.5 Å². The number of fused-ring (bicyclic) bond motifs is 6.